The average molecular weight is 573 g/mol. The first kappa shape index (κ1) is 27.1. The van der Waals surface area contributed by atoms with Gasteiger partial charge >= 0.3 is 17.9 Å². The molecule has 2 aliphatic heterocycles. The maximum atomic E-state index is 15.0. The number of Topliss-reactive ketones (excluding diaryl/α,β-unsaturated/α-hetero) is 1. The normalized spacial score (nSPS) is 52.8. The molecule has 1 aromatic heterocycles. The number of hydrogen-bond donors (Lipinski definition) is 2. The number of carbonyl (C=O) groups excluding carboxylic acids is 4. The second-order valence-electron chi connectivity index (χ2n) is 13.7. The number of epoxide rings is 1. The number of carbonyl (C=O) groups is 4. The van der Waals surface area contributed by atoms with Gasteiger partial charge in [0.25, 0.3) is 0 Å². The Balaban J connectivity index is 1.44. The summed E-state index contributed by atoms with van der Waals surface area (Å²) in [5.41, 5.74) is -5.27. The summed E-state index contributed by atoms with van der Waals surface area (Å²) in [6, 6.07) is 1.83. The summed E-state index contributed by atoms with van der Waals surface area (Å²) >= 11 is 0. The third kappa shape index (κ3) is 2.77. The number of hydrogen-bond acceptors (Lipinski definition) is 11. The highest BCUT2D eigenvalue weighted by Crippen LogP contribution is 2.82. The summed E-state index contributed by atoms with van der Waals surface area (Å²) in [4.78, 5) is 53.0. The predicted octanol–water partition coefficient (Wildman–Crippen LogP) is 1.67. The number of esters is 3. The van der Waals surface area contributed by atoms with Crippen LogP contribution in [0.3, 0.4) is 0 Å². The minimum absolute atomic E-state index is 0.0588. The van der Waals surface area contributed by atoms with Gasteiger partial charge in [0.15, 0.2) is 11.9 Å². The van der Waals surface area contributed by atoms with Gasteiger partial charge in [0.2, 0.25) is 0 Å². The number of rotatable bonds is 3. The highest BCUT2D eigenvalue weighted by molar-refractivity contribution is 5.93. The third-order valence-electron chi connectivity index (χ3n) is 12.4. The molecule has 0 radical (unpaired) electrons. The Morgan fingerprint density at radius 1 is 0.976 bits per heavy atom. The molecule has 0 unspecified atom stereocenters. The van der Waals surface area contributed by atoms with E-state index < -0.39 is 87.2 Å². The molecule has 1 spiro atoms. The highest BCUT2D eigenvalue weighted by Gasteiger charge is 2.92. The van der Waals surface area contributed by atoms with Crippen LogP contribution in [0, 0.1) is 33.5 Å². The SMILES string of the molecule is CC(=O)O[C@@H]1C[C@H](O)[C@@]23COC(=O)[C@@]1(C)[C@@H]2C[C@@H](O)[C@]1(C)[C@@H]3C(=O)[C@H](OC(C)=O)[C@@]2(C)[C@@H](c3ccoc3)C[C@H]3O[C@@]312. The number of cyclic esters (lactones) is 1. The van der Waals surface area contributed by atoms with E-state index in [1.165, 1.54) is 13.8 Å². The minimum Gasteiger partial charge on any atom is -0.472 e. The molecular weight excluding hydrogens is 536 g/mol. The first-order valence-electron chi connectivity index (χ1n) is 14.3. The molecule has 2 bridgehead atoms. The molecule has 4 saturated carbocycles. The molecule has 222 valence electrons. The van der Waals surface area contributed by atoms with E-state index in [0.717, 1.165) is 5.56 Å². The summed E-state index contributed by atoms with van der Waals surface area (Å²) < 4.78 is 29.2. The highest BCUT2D eigenvalue weighted by atomic mass is 16.6. The van der Waals surface area contributed by atoms with Crippen LogP contribution >= 0.6 is 0 Å². The van der Waals surface area contributed by atoms with Gasteiger partial charge in [-0.3, -0.25) is 19.2 Å². The van der Waals surface area contributed by atoms with Crippen LogP contribution in [-0.4, -0.2) is 76.6 Å². The van der Waals surface area contributed by atoms with Crippen LogP contribution in [-0.2, 0) is 38.1 Å². The molecule has 0 aromatic carbocycles. The van der Waals surface area contributed by atoms with Crippen LogP contribution in [0.15, 0.2) is 23.0 Å². The summed E-state index contributed by atoms with van der Waals surface area (Å²) in [7, 11) is 0. The molecule has 6 aliphatic rings. The molecule has 0 amide bonds. The zero-order valence-electron chi connectivity index (χ0n) is 23.7. The molecule has 11 heteroatoms. The van der Waals surface area contributed by atoms with Crippen LogP contribution in [0.1, 0.15) is 65.4 Å². The number of ether oxygens (including phenoxy) is 4. The molecule has 7 rings (SSSR count). The molecule has 2 N–H and O–H groups in total. The summed E-state index contributed by atoms with van der Waals surface area (Å²) in [6.07, 6.45) is -1.29. The topological polar surface area (TPSA) is 162 Å². The van der Waals surface area contributed by atoms with Gasteiger partial charge in [-0.15, -0.1) is 0 Å². The standard InChI is InChI=1S/C30H36O11/c1-13(31)39-20-10-19(34)29-12-38-25(36)26(20,3)17(29)9-18(33)28(5)23(29)22(35)24(40-14(2)32)27(4)16(15-6-7-37-11-15)8-21-30(27,28)41-21/h6-7,11,16-21,23-24,33-34H,8-10,12H2,1-5H3/t16-,17+,18-,19+,20-,21-,23+,24+,26+,27-,28-,29-,30-/m1/s1. The van der Waals surface area contributed by atoms with Gasteiger partial charge in [0.05, 0.1) is 36.3 Å². The molecule has 41 heavy (non-hydrogen) atoms. The number of aliphatic hydroxyl groups is 2. The van der Waals surface area contributed by atoms with Gasteiger partial charge in [-0.05, 0) is 37.3 Å². The van der Waals surface area contributed by atoms with Crippen molar-refractivity contribution >= 4 is 23.7 Å². The van der Waals surface area contributed by atoms with Gasteiger partial charge in [-0.2, -0.15) is 0 Å². The first-order chi connectivity index (χ1) is 19.2. The van der Waals surface area contributed by atoms with Crippen molar-refractivity contribution in [3.8, 4) is 0 Å². The predicted molar refractivity (Wildman–Crippen MR) is 136 cm³/mol. The van der Waals surface area contributed by atoms with Crippen molar-refractivity contribution < 1.29 is 52.8 Å². The van der Waals surface area contributed by atoms with E-state index in [4.69, 9.17) is 23.4 Å². The summed E-state index contributed by atoms with van der Waals surface area (Å²) in [5, 5.41) is 24.1. The van der Waals surface area contributed by atoms with Gasteiger partial charge in [0, 0.05) is 42.9 Å². The van der Waals surface area contributed by atoms with Crippen molar-refractivity contribution in [2.75, 3.05) is 6.61 Å². The van der Waals surface area contributed by atoms with E-state index in [-0.39, 0.29) is 31.5 Å². The van der Waals surface area contributed by atoms with Gasteiger partial charge in [0.1, 0.15) is 23.7 Å². The van der Waals surface area contributed by atoms with Crippen molar-refractivity contribution in [3.63, 3.8) is 0 Å². The van der Waals surface area contributed by atoms with E-state index >= 15 is 4.79 Å². The minimum atomic E-state index is -1.42. The van der Waals surface area contributed by atoms with Crippen molar-refractivity contribution in [2.45, 2.75) is 95.9 Å². The van der Waals surface area contributed by atoms with Gasteiger partial charge < -0.3 is 33.6 Å². The van der Waals surface area contributed by atoms with Crippen LogP contribution in [0.4, 0.5) is 0 Å². The summed E-state index contributed by atoms with van der Waals surface area (Å²) in [6.45, 7) is 7.58. The number of furan rings is 1. The zero-order valence-corrected chi connectivity index (χ0v) is 23.7. The number of ketones is 1. The quantitative estimate of drug-likeness (QED) is 0.308. The second-order valence-corrected chi connectivity index (χ2v) is 13.7. The van der Waals surface area contributed by atoms with Crippen LogP contribution in [0.5, 0.6) is 0 Å². The fraction of sp³-hybridized carbons (Fsp3) is 0.733. The lowest BCUT2D eigenvalue weighted by molar-refractivity contribution is -0.313. The zero-order chi connectivity index (χ0) is 29.5. The Morgan fingerprint density at radius 2 is 1.68 bits per heavy atom. The lowest BCUT2D eigenvalue weighted by Gasteiger charge is -2.71. The Hall–Kier alpha value is -2.76. The first-order valence-corrected chi connectivity index (χ1v) is 14.3. The molecule has 3 heterocycles. The van der Waals surface area contributed by atoms with Crippen molar-refractivity contribution in [1.29, 1.82) is 0 Å². The monoisotopic (exact) mass is 572 g/mol. The number of fused-ring (bicyclic) bond motifs is 1. The fourth-order valence-corrected chi connectivity index (χ4v) is 10.8. The van der Waals surface area contributed by atoms with Crippen molar-refractivity contribution in [3.05, 3.63) is 24.2 Å². The number of aliphatic hydroxyl groups excluding tert-OH is 2. The van der Waals surface area contributed by atoms with E-state index in [9.17, 15) is 24.6 Å². The lowest BCUT2D eigenvalue weighted by Crippen LogP contribution is -2.82. The van der Waals surface area contributed by atoms with E-state index in [2.05, 4.69) is 0 Å². The lowest BCUT2D eigenvalue weighted by atomic mass is 9.33. The Kier molecular flexibility index (Phi) is 5.28. The molecule has 2 saturated heterocycles. The third-order valence-corrected chi connectivity index (χ3v) is 12.4. The van der Waals surface area contributed by atoms with Crippen molar-refractivity contribution in [1.82, 2.24) is 0 Å². The van der Waals surface area contributed by atoms with E-state index in [0.29, 0.717) is 6.42 Å². The van der Waals surface area contributed by atoms with Crippen molar-refractivity contribution in [2.24, 2.45) is 33.5 Å². The van der Waals surface area contributed by atoms with Gasteiger partial charge in [-0.25, -0.2) is 0 Å². The van der Waals surface area contributed by atoms with E-state index in [1.807, 2.05) is 19.9 Å². The molecule has 1 aromatic rings. The smallest absolute Gasteiger partial charge is 0.315 e. The molecule has 13 atom stereocenters. The summed E-state index contributed by atoms with van der Waals surface area (Å²) in [5.74, 6) is -4.40. The van der Waals surface area contributed by atoms with Crippen LogP contribution in [0.2, 0.25) is 0 Å². The second kappa shape index (κ2) is 7.99. The largest absolute Gasteiger partial charge is 0.472 e. The van der Waals surface area contributed by atoms with Gasteiger partial charge in [-0.1, -0.05) is 13.8 Å². The van der Waals surface area contributed by atoms with E-state index in [1.54, 1.807) is 19.5 Å². The Morgan fingerprint density at radius 3 is 2.32 bits per heavy atom. The molecule has 4 aliphatic carbocycles. The van der Waals surface area contributed by atoms with Crippen LogP contribution < -0.4 is 0 Å². The molecular formula is C30H36O11. The Labute approximate surface area is 236 Å². The molecule has 11 nitrogen and oxygen atoms in total. The maximum Gasteiger partial charge on any atom is 0.315 e. The Bertz CT molecular complexity index is 1360. The molecule has 6 fully saturated rings. The fourth-order valence-electron chi connectivity index (χ4n) is 10.8. The van der Waals surface area contributed by atoms with Crippen LogP contribution in [0.25, 0.3) is 0 Å². The average Bonchev–Trinajstić information content (AvgIpc) is 3.26. The maximum absolute atomic E-state index is 15.0.